The van der Waals surface area contributed by atoms with Crippen LogP contribution in [0.1, 0.15) is 11.1 Å². The van der Waals surface area contributed by atoms with Gasteiger partial charge in [0.25, 0.3) is 0 Å². The van der Waals surface area contributed by atoms with Gasteiger partial charge in [-0.1, -0.05) is 41.9 Å². The number of rotatable bonds is 4. The Bertz CT molecular complexity index is 752. The molecule has 0 saturated heterocycles. The van der Waals surface area contributed by atoms with Crippen molar-refractivity contribution in [3.05, 3.63) is 64.7 Å². The summed E-state index contributed by atoms with van der Waals surface area (Å²) in [7, 11) is -3.65. The summed E-state index contributed by atoms with van der Waals surface area (Å²) >= 11 is 5.84. The molecular weight excluding hydrogens is 296 g/mol. The molecule has 2 aromatic rings. The summed E-state index contributed by atoms with van der Waals surface area (Å²) in [5.41, 5.74) is 1.10. The molecule has 0 heterocycles. The normalized spacial score (nSPS) is 11.0. The predicted octanol–water partition coefficient (Wildman–Crippen LogP) is 2.69. The Morgan fingerprint density at radius 3 is 2.45 bits per heavy atom. The molecular formula is C14H11ClN2O2S. The minimum absolute atomic E-state index is 0.0393. The van der Waals surface area contributed by atoms with E-state index in [-0.39, 0.29) is 22.0 Å². The first-order valence-corrected chi connectivity index (χ1v) is 7.62. The fourth-order valence-corrected chi connectivity index (χ4v) is 2.94. The second kappa shape index (κ2) is 6.06. The number of hydrogen-bond acceptors (Lipinski definition) is 3. The van der Waals surface area contributed by atoms with Crippen LogP contribution in [0, 0.1) is 11.3 Å². The van der Waals surface area contributed by atoms with Crippen LogP contribution >= 0.6 is 11.6 Å². The van der Waals surface area contributed by atoms with Crippen molar-refractivity contribution in [2.75, 3.05) is 0 Å². The Hall–Kier alpha value is -1.87. The molecule has 0 atom stereocenters. The topological polar surface area (TPSA) is 70.0 Å². The van der Waals surface area contributed by atoms with Crippen LogP contribution in [-0.4, -0.2) is 8.42 Å². The van der Waals surface area contributed by atoms with E-state index in [9.17, 15) is 8.42 Å². The molecule has 0 aliphatic rings. The van der Waals surface area contributed by atoms with Gasteiger partial charge in [-0.2, -0.15) is 5.26 Å². The number of hydrogen-bond donors (Lipinski definition) is 1. The number of nitrogens with one attached hydrogen (secondary N) is 1. The van der Waals surface area contributed by atoms with E-state index >= 15 is 0 Å². The molecule has 0 bridgehead atoms. The maximum absolute atomic E-state index is 12.1. The molecule has 0 aliphatic carbocycles. The van der Waals surface area contributed by atoms with E-state index in [1.54, 1.807) is 0 Å². The average molecular weight is 307 g/mol. The second-order valence-electron chi connectivity index (χ2n) is 4.06. The molecule has 20 heavy (non-hydrogen) atoms. The van der Waals surface area contributed by atoms with Crippen molar-refractivity contribution in [3.63, 3.8) is 0 Å². The van der Waals surface area contributed by atoms with E-state index in [1.165, 1.54) is 18.2 Å². The number of benzene rings is 2. The SMILES string of the molecule is N#Cc1ccc(S(=O)(=O)NCc2ccccc2)cc1Cl. The second-order valence-corrected chi connectivity index (χ2v) is 6.24. The van der Waals surface area contributed by atoms with E-state index in [2.05, 4.69) is 4.72 Å². The van der Waals surface area contributed by atoms with Gasteiger partial charge in [-0.3, -0.25) is 0 Å². The van der Waals surface area contributed by atoms with Crippen LogP contribution in [0.2, 0.25) is 5.02 Å². The van der Waals surface area contributed by atoms with Crippen LogP contribution in [0.4, 0.5) is 0 Å². The summed E-state index contributed by atoms with van der Waals surface area (Å²) in [5.74, 6) is 0. The van der Waals surface area contributed by atoms with Crippen LogP contribution in [0.5, 0.6) is 0 Å². The molecule has 4 nitrogen and oxygen atoms in total. The smallest absolute Gasteiger partial charge is 0.207 e. The zero-order chi connectivity index (χ0) is 14.6. The fraction of sp³-hybridized carbons (Fsp3) is 0.0714. The van der Waals surface area contributed by atoms with E-state index in [4.69, 9.17) is 16.9 Å². The number of halogens is 1. The minimum atomic E-state index is -3.65. The molecule has 0 fully saturated rings. The molecule has 1 N–H and O–H groups in total. The van der Waals surface area contributed by atoms with Crippen molar-refractivity contribution in [1.82, 2.24) is 4.72 Å². The summed E-state index contributed by atoms with van der Waals surface area (Å²) in [6, 6.07) is 15.1. The molecule has 2 rings (SSSR count). The first kappa shape index (κ1) is 14.5. The van der Waals surface area contributed by atoms with E-state index in [0.29, 0.717) is 0 Å². The Morgan fingerprint density at radius 2 is 1.85 bits per heavy atom. The standard InChI is InChI=1S/C14H11ClN2O2S/c15-14-8-13(7-6-12(14)9-16)20(18,19)17-10-11-4-2-1-3-5-11/h1-8,17H,10H2. The average Bonchev–Trinajstić information content (AvgIpc) is 2.46. The zero-order valence-electron chi connectivity index (χ0n) is 10.4. The highest BCUT2D eigenvalue weighted by atomic mass is 35.5. The first-order chi connectivity index (χ1) is 9.53. The highest BCUT2D eigenvalue weighted by molar-refractivity contribution is 7.89. The van der Waals surface area contributed by atoms with Crippen molar-refractivity contribution >= 4 is 21.6 Å². The third-order valence-corrected chi connectivity index (χ3v) is 4.39. The fourth-order valence-electron chi connectivity index (χ4n) is 1.61. The molecule has 0 spiro atoms. The van der Waals surface area contributed by atoms with Crippen LogP contribution in [-0.2, 0) is 16.6 Å². The maximum atomic E-state index is 12.1. The van der Waals surface area contributed by atoms with Crippen LogP contribution in [0.15, 0.2) is 53.4 Å². The lowest BCUT2D eigenvalue weighted by Gasteiger charge is -2.07. The van der Waals surface area contributed by atoms with E-state index in [1.807, 2.05) is 36.4 Å². The van der Waals surface area contributed by atoms with Crippen molar-refractivity contribution in [2.45, 2.75) is 11.4 Å². The van der Waals surface area contributed by atoms with Gasteiger partial charge in [-0.05, 0) is 23.8 Å². The third kappa shape index (κ3) is 3.36. The molecule has 2 aromatic carbocycles. The van der Waals surface area contributed by atoms with E-state index < -0.39 is 10.0 Å². The van der Waals surface area contributed by atoms with Crippen LogP contribution < -0.4 is 4.72 Å². The Kier molecular flexibility index (Phi) is 4.40. The summed E-state index contributed by atoms with van der Waals surface area (Å²) in [6.07, 6.45) is 0. The van der Waals surface area contributed by atoms with Crippen LogP contribution in [0.3, 0.4) is 0 Å². The van der Waals surface area contributed by atoms with E-state index in [0.717, 1.165) is 5.56 Å². The van der Waals surface area contributed by atoms with Crippen molar-refractivity contribution in [3.8, 4) is 6.07 Å². The first-order valence-electron chi connectivity index (χ1n) is 5.76. The summed E-state index contributed by atoms with van der Waals surface area (Å²) < 4.78 is 26.7. The lowest BCUT2D eigenvalue weighted by molar-refractivity contribution is 0.581. The maximum Gasteiger partial charge on any atom is 0.240 e. The molecule has 0 aromatic heterocycles. The molecule has 0 saturated carbocycles. The van der Waals surface area contributed by atoms with Crippen molar-refractivity contribution in [2.24, 2.45) is 0 Å². The van der Waals surface area contributed by atoms with Gasteiger partial charge >= 0.3 is 0 Å². The molecule has 0 radical (unpaired) electrons. The Morgan fingerprint density at radius 1 is 1.15 bits per heavy atom. The number of nitriles is 1. The van der Waals surface area contributed by atoms with Crippen molar-refractivity contribution in [1.29, 1.82) is 5.26 Å². The number of sulfonamides is 1. The monoisotopic (exact) mass is 306 g/mol. The Labute approximate surface area is 122 Å². The van der Waals surface area contributed by atoms with Crippen molar-refractivity contribution < 1.29 is 8.42 Å². The molecule has 0 aliphatic heterocycles. The van der Waals surface area contributed by atoms with Gasteiger partial charge in [-0.25, -0.2) is 13.1 Å². The lowest BCUT2D eigenvalue weighted by atomic mass is 10.2. The largest absolute Gasteiger partial charge is 0.240 e. The minimum Gasteiger partial charge on any atom is -0.207 e. The molecule has 102 valence electrons. The number of nitrogens with zero attached hydrogens (tertiary/aromatic N) is 1. The van der Waals surface area contributed by atoms with Gasteiger partial charge in [0.1, 0.15) is 6.07 Å². The van der Waals surface area contributed by atoms with Gasteiger partial charge in [0.15, 0.2) is 0 Å². The highest BCUT2D eigenvalue weighted by Crippen LogP contribution is 2.20. The summed E-state index contributed by atoms with van der Waals surface area (Å²) in [5, 5.41) is 8.89. The zero-order valence-corrected chi connectivity index (χ0v) is 11.9. The summed E-state index contributed by atoms with van der Waals surface area (Å²) in [6.45, 7) is 0.195. The molecule has 6 heteroatoms. The van der Waals surface area contributed by atoms with Gasteiger partial charge in [0.05, 0.1) is 15.5 Å². The Balaban J connectivity index is 2.19. The van der Waals surface area contributed by atoms with Gasteiger partial charge in [0, 0.05) is 6.54 Å². The molecule has 0 amide bonds. The van der Waals surface area contributed by atoms with Crippen LogP contribution in [0.25, 0.3) is 0 Å². The van der Waals surface area contributed by atoms with Gasteiger partial charge in [0.2, 0.25) is 10.0 Å². The third-order valence-electron chi connectivity index (χ3n) is 2.68. The highest BCUT2D eigenvalue weighted by Gasteiger charge is 2.15. The summed E-state index contributed by atoms with van der Waals surface area (Å²) in [4.78, 5) is 0.0393. The lowest BCUT2D eigenvalue weighted by Crippen LogP contribution is -2.23. The van der Waals surface area contributed by atoms with Gasteiger partial charge in [-0.15, -0.1) is 0 Å². The van der Waals surface area contributed by atoms with Gasteiger partial charge < -0.3 is 0 Å². The quantitative estimate of drug-likeness (QED) is 0.944. The molecule has 0 unspecified atom stereocenters. The predicted molar refractivity (Wildman–Crippen MR) is 76.6 cm³/mol.